The maximum Gasteiger partial charge on any atom is 0.251 e. The Morgan fingerprint density at radius 3 is 2.33 bits per heavy atom. The standard InChI is InChI=1S/C22H28ClN5O.HI/c1-3-25-22(26-16-17-8-10-18(11-9-17)21(29)24-2)28-14-12-27(13-15-28)20-7-5-4-6-19(20)23;/h4-11H,3,12-16H2,1-2H3,(H,24,29)(H,25,26);1H. The number of carbonyl (C=O) groups is 1. The molecule has 0 spiro atoms. The van der Waals surface area contributed by atoms with Gasteiger partial charge in [-0.2, -0.15) is 0 Å². The summed E-state index contributed by atoms with van der Waals surface area (Å²) in [6.45, 7) is 7.03. The van der Waals surface area contributed by atoms with E-state index in [1.165, 1.54) is 0 Å². The van der Waals surface area contributed by atoms with Crippen molar-refractivity contribution in [2.24, 2.45) is 4.99 Å². The molecular formula is C22H29ClIN5O. The molecule has 3 rings (SSSR count). The zero-order valence-electron chi connectivity index (χ0n) is 17.4. The fraction of sp³-hybridized carbons (Fsp3) is 0.364. The quantitative estimate of drug-likeness (QED) is 0.345. The third kappa shape index (κ3) is 6.25. The number of rotatable bonds is 5. The highest BCUT2D eigenvalue weighted by molar-refractivity contribution is 14.0. The lowest BCUT2D eigenvalue weighted by Gasteiger charge is -2.38. The Morgan fingerprint density at radius 1 is 1.07 bits per heavy atom. The number of piperazine rings is 1. The Balaban J connectivity index is 0.00000320. The Hall–Kier alpha value is -2.00. The van der Waals surface area contributed by atoms with Crippen LogP contribution < -0.4 is 15.5 Å². The smallest absolute Gasteiger partial charge is 0.251 e. The number of anilines is 1. The van der Waals surface area contributed by atoms with Gasteiger partial charge in [-0.15, -0.1) is 24.0 Å². The first-order valence-electron chi connectivity index (χ1n) is 9.96. The minimum Gasteiger partial charge on any atom is -0.367 e. The van der Waals surface area contributed by atoms with Crippen LogP contribution in [-0.2, 0) is 6.54 Å². The van der Waals surface area contributed by atoms with Crippen LogP contribution >= 0.6 is 35.6 Å². The molecule has 6 nitrogen and oxygen atoms in total. The predicted molar refractivity (Wildman–Crippen MR) is 135 cm³/mol. The van der Waals surface area contributed by atoms with Gasteiger partial charge in [0.15, 0.2) is 5.96 Å². The van der Waals surface area contributed by atoms with Gasteiger partial charge in [0, 0.05) is 45.3 Å². The highest BCUT2D eigenvalue weighted by Gasteiger charge is 2.21. The van der Waals surface area contributed by atoms with Crippen LogP contribution in [0.3, 0.4) is 0 Å². The van der Waals surface area contributed by atoms with Crippen LogP contribution in [0.2, 0.25) is 5.02 Å². The maximum atomic E-state index is 11.7. The van der Waals surface area contributed by atoms with E-state index in [4.69, 9.17) is 16.6 Å². The van der Waals surface area contributed by atoms with Gasteiger partial charge in [0.25, 0.3) is 5.91 Å². The molecule has 2 N–H and O–H groups in total. The molecule has 0 unspecified atom stereocenters. The highest BCUT2D eigenvalue weighted by Crippen LogP contribution is 2.26. The van der Waals surface area contributed by atoms with Crippen molar-refractivity contribution in [2.45, 2.75) is 13.5 Å². The predicted octanol–water partition coefficient (Wildman–Crippen LogP) is 3.61. The number of nitrogens with zero attached hydrogens (tertiary/aromatic N) is 3. The van der Waals surface area contributed by atoms with E-state index in [0.717, 1.165) is 55.0 Å². The molecule has 30 heavy (non-hydrogen) atoms. The number of benzene rings is 2. The van der Waals surface area contributed by atoms with Crippen molar-refractivity contribution in [3.8, 4) is 0 Å². The van der Waals surface area contributed by atoms with Crippen molar-refractivity contribution < 1.29 is 4.79 Å². The SMILES string of the molecule is CCNC(=NCc1ccc(C(=O)NC)cc1)N1CCN(c2ccccc2Cl)CC1.I. The minimum absolute atomic E-state index is 0. The summed E-state index contributed by atoms with van der Waals surface area (Å²) in [6.07, 6.45) is 0. The second-order valence-corrected chi connectivity index (χ2v) is 7.28. The van der Waals surface area contributed by atoms with Gasteiger partial charge in [-0.1, -0.05) is 35.9 Å². The number of aliphatic imine (C=N–C) groups is 1. The number of halogens is 2. The Morgan fingerprint density at radius 2 is 1.73 bits per heavy atom. The molecule has 1 heterocycles. The first-order valence-corrected chi connectivity index (χ1v) is 10.3. The van der Waals surface area contributed by atoms with Crippen molar-refractivity contribution >= 4 is 53.1 Å². The number of hydrogen-bond acceptors (Lipinski definition) is 3. The lowest BCUT2D eigenvalue weighted by atomic mass is 10.1. The van der Waals surface area contributed by atoms with Crippen molar-refractivity contribution in [3.63, 3.8) is 0 Å². The first-order chi connectivity index (χ1) is 14.1. The molecule has 1 amide bonds. The average molecular weight is 542 g/mol. The van der Waals surface area contributed by atoms with Crippen LogP contribution in [0.1, 0.15) is 22.8 Å². The van der Waals surface area contributed by atoms with E-state index in [-0.39, 0.29) is 29.9 Å². The lowest BCUT2D eigenvalue weighted by Crippen LogP contribution is -2.52. The largest absolute Gasteiger partial charge is 0.367 e. The zero-order chi connectivity index (χ0) is 20.6. The molecule has 2 aromatic rings. The molecule has 162 valence electrons. The van der Waals surface area contributed by atoms with E-state index in [0.29, 0.717) is 12.1 Å². The monoisotopic (exact) mass is 541 g/mol. The maximum absolute atomic E-state index is 11.7. The van der Waals surface area contributed by atoms with Crippen molar-refractivity contribution in [2.75, 3.05) is 44.7 Å². The fourth-order valence-corrected chi connectivity index (χ4v) is 3.62. The summed E-state index contributed by atoms with van der Waals surface area (Å²) < 4.78 is 0. The Kier molecular flexibility index (Phi) is 9.71. The molecule has 8 heteroatoms. The van der Waals surface area contributed by atoms with Gasteiger partial charge in [-0.25, -0.2) is 4.99 Å². The molecular weight excluding hydrogens is 513 g/mol. The molecule has 0 radical (unpaired) electrons. The first kappa shape index (κ1) is 24.3. The zero-order valence-corrected chi connectivity index (χ0v) is 20.5. The Bertz CT molecular complexity index is 851. The molecule has 0 bridgehead atoms. The third-order valence-electron chi connectivity index (χ3n) is 4.96. The number of amides is 1. The topological polar surface area (TPSA) is 60.0 Å². The minimum atomic E-state index is -0.0789. The number of carbonyl (C=O) groups excluding carboxylic acids is 1. The van der Waals surface area contributed by atoms with E-state index in [1.54, 1.807) is 7.05 Å². The normalized spacial score (nSPS) is 14.2. The number of guanidine groups is 1. The lowest BCUT2D eigenvalue weighted by molar-refractivity contribution is 0.0963. The van der Waals surface area contributed by atoms with Crippen LogP contribution in [-0.4, -0.2) is 56.5 Å². The van der Waals surface area contributed by atoms with Gasteiger partial charge >= 0.3 is 0 Å². The van der Waals surface area contributed by atoms with Gasteiger partial charge in [-0.05, 0) is 36.8 Å². The summed E-state index contributed by atoms with van der Waals surface area (Å²) in [5, 5.41) is 6.82. The number of nitrogens with one attached hydrogen (secondary N) is 2. The summed E-state index contributed by atoms with van der Waals surface area (Å²) in [5.41, 5.74) is 2.82. The molecule has 1 fully saturated rings. The summed E-state index contributed by atoms with van der Waals surface area (Å²) in [4.78, 5) is 21.1. The van der Waals surface area contributed by atoms with Gasteiger partial charge in [0.1, 0.15) is 0 Å². The van der Waals surface area contributed by atoms with E-state index >= 15 is 0 Å². The summed E-state index contributed by atoms with van der Waals surface area (Å²) in [6, 6.07) is 15.6. The van der Waals surface area contributed by atoms with Gasteiger partial charge in [-0.3, -0.25) is 4.79 Å². The van der Waals surface area contributed by atoms with E-state index in [1.807, 2.05) is 42.5 Å². The van der Waals surface area contributed by atoms with Crippen LogP contribution in [0.5, 0.6) is 0 Å². The van der Waals surface area contributed by atoms with Crippen LogP contribution in [0.25, 0.3) is 0 Å². The Labute approximate surface area is 200 Å². The number of para-hydroxylation sites is 1. The second kappa shape index (κ2) is 12.0. The summed E-state index contributed by atoms with van der Waals surface area (Å²) in [5.74, 6) is 0.839. The van der Waals surface area contributed by atoms with Crippen LogP contribution in [0.4, 0.5) is 5.69 Å². The van der Waals surface area contributed by atoms with Crippen LogP contribution in [0, 0.1) is 0 Å². The molecule has 0 atom stereocenters. The van der Waals surface area contributed by atoms with E-state index < -0.39 is 0 Å². The van der Waals surface area contributed by atoms with E-state index in [2.05, 4.69) is 33.4 Å². The molecule has 0 saturated carbocycles. The number of hydrogen-bond donors (Lipinski definition) is 2. The highest BCUT2D eigenvalue weighted by atomic mass is 127. The van der Waals surface area contributed by atoms with Gasteiger partial charge < -0.3 is 20.4 Å². The summed E-state index contributed by atoms with van der Waals surface area (Å²) in [7, 11) is 1.63. The molecule has 0 aromatic heterocycles. The fourth-order valence-electron chi connectivity index (χ4n) is 3.37. The van der Waals surface area contributed by atoms with E-state index in [9.17, 15) is 4.79 Å². The molecule has 1 aliphatic heterocycles. The summed E-state index contributed by atoms with van der Waals surface area (Å²) >= 11 is 6.35. The van der Waals surface area contributed by atoms with Crippen molar-refractivity contribution in [1.82, 2.24) is 15.5 Å². The van der Waals surface area contributed by atoms with Crippen molar-refractivity contribution in [3.05, 3.63) is 64.7 Å². The molecule has 2 aromatic carbocycles. The van der Waals surface area contributed by atoms with Gasteiger partial charge in [0.2, 0.25) is 0 Å². The average Bonchev–Trinajstić information content (AvgIpc) is 2.77. The third-order valence-corrected chi connectivity index (χ3v) is 5.28. The second-order valence-electron chi connectivity index (χ2n) is 6.87. The molecule has 0 aliphatic carbocycles. The van der Waals surface area contributed by atoms with Crippen molar-refractivity contribution in [1.29, 1.82) is 0 Å². The van der Waals surface area contributed by atoms with Gasteiger partial charge in [0.05, 0.1) is 17.3 Å². The molecule has 1 saturated heterocycles. The van der Waals surface area contributed by atoms with Crippen LogP contribution in [0.15, 0.2) is 53.5 Å². The molecule has 1 aliphatic rings.